The van der Waals surface area contributed by atoms with Gasteiger partial charge in [0.05, 0.1) is 0 Å². The number of carbonyl (C=O) groups is 1. The molecule has 0 unspecified atom stereocenters. The summed E-state index contributed by atoms with van der Waals surface area (Å²) < 4.78 is 0. The molecule has 0 fully saturated rings. The van der Waals surface area contributed by atoms with E-state index >= 15 is 0 Å². The summed E-state index contributed by atoms with van der Waals surface area (Å²) in [7, 11) is 3.76. The van der Waals surface area contributed by atoms with Crippen molar-refractivity contribution in [2.75, 3.05) is 20.6 Å². The minimum absolute atomic E-state index is 0.0689. The second-order valence-electron chi connectivity index (χ2n) is 6.15. The minimum atomic E-state index is -0.352. The van der Waals surface area contributed by atoms with Crippen LogP contribution in [0, 0.1) is 13.8 Å². The first kappa shape index (κ1) is 17.9. The number of benzene rings is 1. The fraction of sp³-hybridized carbons (Fsp3) is 0.389. The number of hydrogen-bond acceptors (Lipinski definition) is 4. The molecule has 1 heterocycles. The number of rotatable bonds is 6. The molecule has 2 rings (SSSR count). The first-order valence-electron chi connectivity index (χ1n) is 7.94. The van der Waals surface area contributed by atoms with E-state index in [1.165, 1.54) is 6.07 Å². The Labute approximate surface area is 141 Å². The molecule has 0 saturated heterocycles. The number of nitrogens with zero attached hydrogens (tertiary/aromatic N) is 2. The lowest BCUT2D eigenvalue weighted by Gasteiger charge is -2.24. The lowest BCUT2D eigenvalue weighted by atomic mass is 10.0. The SMILES string of the molecule is Cc1cccc([C@H](C(=O)NCCc2nc(C)cc(=O)[nH]2)N(C)C)c1. The van der Waals surface area contributed by atoms with Crippen LogP contribution in [0.3, 0.4) is 0 Å². The van der Waals surface area contributed by atoms with Gasteiger partial charge in [0, 0.05) is 24.7 Å². The number of amides is 1. The first-order valence-corrected chi connectivity index (χ1v) is 7.94. The maximum Gasteiger partial charge on any atom is 0.251 e. The van der Waals surface area contributed by atoms with E-state index in [1.807, 2.05) is 50.2 Å². The molecule has 1 aromatic heterocycles. The standard InChI is InChI=1S/C18H24N4O2/c1-12-6-5-7-14(10-12)17(22(3)4)18(24)19-9-8-15-20-13(2)11-16(23)21-15/h5-7,10-11,17H,8-9H2,1-4H3,(H,19,24)(H,20,21,23)/t17-/m1/s1. The van der Waals surface area contributed by atoms with Crippen molar-refractivity contribution >= 4 is 5.91 Å². The van der Waals surface area contributed by atoms with Gasteiger partial charge in [-0.15, -0.1) is 0 Å². The van der Waals surface area contributed by atoms with Crippen molar-refractivity contribution in [1.29, 1.82) is 0 Å². The van der Waals surface area contributed by atoms with Crippen LogP contribution in [-0.2, 0) is 11.2 Å². The van der Waals surface area contributed by atoms with Crippen molar-refractivity contribution in [2.24, 2.45) is 0 Å². The summed E-state index contributed by atoms with van der Waals surface area (Å²) in [5.41, 5.74) is 2.58. The molecule has 0 spiro atoms. The van der Waals surface area contributed by atoms with Crippen molar-refractivity contribution in [2.45, 2.75) is 26.3 Å². The van der Waals surface area contributed by atoms with E-state index in [-0.39, 0.29) is 17.5 Å². The van der Waals surface area contributed by atoms with Gasteiger partial charge in [-0.25, -0.2) is 4.98 Å². The van der Waals surface area contributed by atoms with Crippen LogP contribution in [-0.4, -0.2) is 41.4 Å². The molecule has 0 radical (unpaired) electrons. The highest BCUT2D eigenvalue weighted by molar-refractivity contribution is 5.83. The molecule has 1 aromatic carbocycles. The van der Waals surface area contributed by atoms with Gasteiger partial charge in [0.15, 0.2) is 0 Å². The van der Waals surface area contributed by atoms with Crippen molar-refractivity contribution in [3.8, 4) is 0 Å². The summed E-state index contributed by atoms with van der Waals surface area (Å²) in [6, 6.07) is 9.03. The Balaban J connectivity index is 2.02. The fourth-order valence-electron chi connectivity index (χ4n) is 2.68. The number of aromatic nitrogens is 2. The molecule has 2 N–H and O–H groups in total. The molecule has 0 bridgehead atoms. The molecule has 0 aliphatic carbocycles. The lowest BCUT2D eigenvalue weighted by Crippen LogP contribution is -2.38. The molecule has 128 valence electrons. The summed E-state index contributed by atoms with van der Waals surface area (Å²) in [6.07, 6.45) is 0.483. The third-order valence-electron chi connectivity index (χ3n) is 3.70. The summed E-state index contributed by atoms with van der Waals surface area (Å²) in [5, 5.41) is 2.93. The van der Waals surface area contributed by atoms with E-state index < -0.39 is 0 Å². The Morgan fingerprint density at radius 3 is 2.67 bits per heavy atom. The number of nitrogens with one attached hydrogen (secondary N) is 2. The van der Waals surface area contributed by atoms with E-state index in [1.54, 1.807) is 6.92 Å². The lowest BCUT2D eigenvalue weighted by molar-refractivity contribution is -0.125. The predicted octanol–water partition coefficient (Wildman–Crippen LogP) is 1.35. The van der Waals surface area contributed by atoms with Gasteiger partial charge >= 0.3 is 0 Å². The van der Waals surface area contributed by atoms with Gasteiger partial charge in [-0.3, -0.25) is 14.5 Å². The van der Waals surface area contributed by atoms with Crippen molar-refractivity contribution in [3.05, 3.63) is 63.3 Å². The van der Waals surface area contributed by atoms with Crippen LogP contribution in [0.5, 0.6) is 0 Å². The van der Waals surface area contributed by atoms with Gasteiger partial charge in [-0.2, -0.15) is 0 Å². The largest absolute Gasteiger partial charge is 0.354 e. The number of likely N-dealkylation sites (N-methyl/N-ethyl adjacent to an activating group) is 1. The van der Waals surface area contributed by atoms with Crippen LogP contribution in [0.15, 0.2) is 35.1 Å². The molecule has 0 saturated carbocycles. The molecule has 6 heteroatoms. The highest BCUT2D eigenvalue weighted by atomic mass is 16.2. The Morgan fingerprint density at radius 1 is 1.29 bits per heavy atom. The van der Waals surface area contributed by atoms with E-state index in [2.05, 4.69) is 15.3 Å². The maximum absolute atomic E-state index is 12.6. The van der Waals surface area contributed by atoms with E-state index in [0.717, 1.165) is 11.1 Å². The highest BCUT2D eigenvalue weighted by Crippen LogP contribution is 2.19. The third kappa shape index (κ3) is 4.76. The second-order valence-corrected chi connectivity index (χ2v) is 6.15. The summed E-state index contributed by atoms with van der Waals surface area (Å²) >= 11 is 0. The molecular formula is C18H24N4O2. The highest BCUT2D eigenvalue weighted by Gasteiger charge is 2.22. The monoisotopic (exact) mass is 328 g/mol. The molecule has 6 nitrogen and oxygen atoms in total. The van der Waals surface area contributed by atoms with Gasteiger partial charge in [-0.05, 0) is 33.5 Å². The molecular weight excluding hydrogens is 304 g/mol. The van der Waals surface area contributed by atoms with Gasteiger partial charge in [0.25, 0.3) is 5.56 Å². The number of hydrogen-bond donors (Lipinski definition) is 2. The van der Waals surface area contributed by atoms with Crippen molar-refractivity contribution in [3.63, 3.8) is 0 Å². The molecule has 1 atom stereocenters. The smallest absolute Gasteiger partial charge is 0.251 e. The molecule has 1 amide bonds. The number of aromatic amines is 1. The Kier molecular flexibility index (Phi) is 5.87. The van der Waals surface area contributed by atoms with E-state index in [4.69, 9.17) is 0 Å². The predicted molar refractivity (Wildman–Crippen MR) is 93.9 cm³/mol. The second kappa shape index (κ2) is 7.88. The molecule has 24 heavy (non-hydrogen) atoms. The van der Waals surface area contributed by atoms with Crippen LogP contribution in [0.25, 0.3) is 0 Å². The molecule has 0 aliphatic heterocycles. The van der Waals surface area contributed by atoms with Crippen LogP contribution in [0.2, 0.25) is 0 Å². The zero-order chi connectivity index (χ0) is 17.7. The Morgan fingerprint density at radius 2 is 2.04 bits per heavy atom. The summed E-state index contributed by atoms with van der Waals surface area (Å²) in [6.45, 7) is 4.20. The van der Waals surface area contributed by atoms with E-state index in [9.17, 15) is 9.59 Å². The van der Waals surface area contributed by atoms with Crippen LogP contribution in [0.4, 0.5) is 0 Å². The van der Waals surface area contributed by atoms with Crippen molar-refractivity contribution in [1.82, 2.24) is 20.2 Å². The zero-order valence-corrected chi connectivity index (χ0v) is 14.6. The Hall–Kier alpha value is -2.47. The van der Waals surface area contributed by atoms with Gasteiger partial charge in [0.2, 0.25) is 5.91 Å². The normalized spacial score (nSPS) is 12.2. The van der Waals surface area contributed by atoms with Crippen LogP contribution >= 0.6 is 0 Å². The first-order chi connectivity index (χ1) is 11.4. The van der Waals surface area contributed by atoms with Gasteiger partial charge in [-0.1, -0.05) is 29.8 Å². The van der Waals surface area contributed by atoms with Crippen LogP contribution < -0.4 is 10.9 Å². The van der Waals surface area contributed by atoms with Crippen molar-refractivity contribution < 1.29 is 4.79 Å². The topological polar surface area (TPSA) is 78.1 Å². The average molecular weight is 328 g/mol. The molecule has 0 aliphatic rings. The number of carbonyl (C=O) groups excluding carboxylic acids is 1. The zero-order valence-electron chi connectivity index (χ0n) is 14.6. The number of H-pyrrole nitrogens is 1. The third-order valence-corrected chi connectivity index (χ3v) is 3.70. The van der Waals surface area contributed by atoms with Crippen LogP contribution in [0.1, 0.15) is 28.7 Å². The maximum atomic E-state index is 12.6. The minimum Gasteiger partial charge on any atom is -0.354 e. The number of aryl methyl sites for hydroxylation is 2. The summed E-state index contributed by atoms with van der Waals surface area (Å²) in [4.78, 5) is 32.8. The van der Waals surface area contributed by atoms with Gasteiger partial charge < -0.3 is 10.3 Å². The Bertz CT molecular complexity index is 768. The average Bonchev–Trinajstić information content (AvgIpc) is 2.46. The van der Waals surface area contributed by atoms with Gasteiger partial charge in [0.1, 0.15) is 11.9 Å². The molecule has 2 aromatic rings. The van der Waals surface area contributed by atoms with E-state index in [0.29, 0.717) is 24.5 Å². The fourth-order valence-corrected chi connectivity index (χ4v) is 2.68. The summed E-state index contributed by atoms with van der Waals surface area (Å²) in [5.74, 6) is 0.512. The quantitative estimate of drug-likeness (QED) is 0.839.